The first kappa shape index (κ1) is 24.4. The predicted octanol–water partition coefficient (Wildman–Crippen LogP) is 4.65. The van der Waals surface area contributed by atoms with Crippen LogP contribution in [0, 0.1) is 19.8 Å². The molecule has 0 saturated carbocycles. The number of amides is 2. The van der Waals surface area contributed by atoms with Gasteiger partial charge in [-0.3, -0.25) is 9.59 Å². The highest BCUT2D eigenvalue weighted by atomic mass is 16.5. The lowest BCUT2D eigenvalue weighted by Gasteiger charge is -2.29. The highest BCUT2D eigenvalue weighted by Crippen LogP contribution is 2.16. The molecule has 0 aromatic heterocycles. The van der Waals surface area contributed by atoms with Gasteiger partial charge in [-0.25, -0.2) is 0 Å². The number of hydrogen-bond acceptors (Lipinski definition) is 3. The lowest BCUT2D eigenvalue weighted by atomic mass is 10.1. The Kier molecular flexibility index (Phi) is 9.57. The predicted molar refractivity (Wildman–Crippen MR) is 125 cm³/mol. The Balaban J connectivity index is 2.00. The van der Waals surface area contributed by atoms with E-state index >= 15 is 0 Å². The molecule has 0 fully saturated rings. The number of benzene rings is 2. The van der Waals surface area contributed by atoms with Gasteiger partial charge < -0.3 is 15.0 Å². The summed E-state index contributed by atoms with van der Waals surface area (Å²) in [7, 11) is 0. The van der Waals surface area contributed by atoms with Gasteiger partial charge in [0.1, 0.15) is 11.8 Å². The summed E-state index contributed by atoms with van der Waals surface area (Å²) in [6.45, 7) is 11.4. The van der Waals surface area contributed by atoms with Crippen molar-refractivity contribution in [1.29, 1.82) is 0 Å². The maximum Gasteiger partial charge on any atom is 0.242 e. The van der Waals surface area contributed by atoms with E-state index in [4.69, 9.17) is 4.74 Å². The van der Waals surface area contributed by atoms with Crippen LogP contribution in [0.1, 0.15) is 50.3 Å². The molecule has 5 heteroatoms. The fraction of sp³-hybridized carbons (Fsp3) is 0.462. The van der Waals surface area contributed by atoms with Gasteiger partial charge >= 0.3 is 0 Å². The lowest BCUT2D eigenvalue weighted by Crippen LogP contribution is -2.48. The van der Waals surface area contributed by atoms with Crippen LogP contribution in [0.15, 0.2) is 48.5 Å². The molecule has 2 aromatic rings. The summed E-state index contributed by atoms with van der Waals surface area (Å²) in [5.74, 6) is 1.00. The topological polar surface area (TPSA) is 58.6 Å². The van der Waals surface area contributed by atoms with Gasteiger partial charge in [-0.1, -0.05) is 55.8 Å². The smallest absolute Gasteiger partial charge is 0.242 e. The number of carbonyl (C=O) groups excluding carboxylic acids is 2. The first-order valence-corrected chi connectivity index (χ1v) is 11.1. The monoisotopic (exact) mass is 424 g/mol. The average Bonchev–Trinajstić information content (AvgIpc) is 2.75. The molecule has 5 nitrogen and oxygen atoms in total. The molecule has 2 amide bonds. The van der Waals surface area contributed by atoms with Gasteiger partial charge in [0.05, 0.1) is 6.61 Å². The second-order valence-corrected chi connectivity index (χ2v) is 8.53. The molecule has 1 atom stereocenters. The first-order valence-electron chi connectivity index (χ1n) is 11.1. The molecule has 0 saturated heterocycles. The second kappa shape index (κ2) is 12.1. The average molecular weight is 425 g/mol. The quantitative estimate of drug-likeness (QED) is 0.534. The van der Waals surface area contributed by atoms with Gasteiger partial charge in [-0.2, -0.15) is 0 Å². The van der Waals surface area contributed by atoms with Crippen molar-refractivity contribution in [2.75, 3.05) is 13.2 Å². The van der Waals surface area contributed by atoms with E-state index in [0.29, 0.717) is 38.5 Å². The van der Waals surface area contributed by atoms with E-state index in [1.807, 2.05) is 62.4 Å². The molecule has 0 unspecified atom stereocenters. The molecule has 0 bridgehead atoms. The number of hydrogen-bond donors (Lipinski definition) is 1. The lowest BCUT2D eigenvalue weighted by molar-refractivity contribution is -0.140. The fourth-order valence-corrected chi connectivity index (χ4v) is 3.20. The number of rotatable bonds is 11. The third-order valence-electron chi connectivity index (χ3n) is 5.28. The van der Waals surface area contributed by atoms with Crippen LogP contribution < -0.4 is 10.1 Å². The third-order valence-corrected chi connectivity index (χ3v) is 5.28. The van der Waals surface area contributed by atoms with Crippen molar-refractivity contribution in [3.8, 4) is 5.75 Å². The van der Waals surface area contributed by atoms with E-state index in [2.05, 4.69) is 19.2 Å². The van der Waals surface area contributed by atoms with Crippen molar-refractivity contribution >= 4 is 11.8 Å². The van der Waals surface area contributed by atoms with Crippen molar-refractivity contribution in [1.82, 2.24) is 10.2 Å². The van der Waals surface area contributed by atoms with Crippen molar-refractivity contribution in [3.63, 3.8) is 0 Å². The van der Waals surface area contributed by atoms with Crippen LogP contribution in [0.25, 0.3) is 0 Å². The van der Waals surface area contributed by atoms with E-state index in [-0.39, 0.29) is 11.8 Å². The van der Waals surface area contributed by atoms with Crippen molar-refractivity contribution < 1.29 is 14.3 Å². The minimum atomic E-state index is -0.538. The van der Waals surface area contributed by atoms with Gasteiger partial charge in [0.2, 0.25) is 11.8 Å². The van der Waals surface area contributed by atoms with E-state index < -0.39 is 6.04 Å². The Bertz CT molecular complexity index is 846. The van der Waals surface area contributed by atoms with Crippen LogP contribution in [0.3, 0.4) is 0 Å². The maximum atomic E-state index is 13.1. The van der Waals surface area contributed by atoms with Crippen LogP contribution in [0.2, 0.25) is 0 Å². The zero-order valence-corrected chi connectivity index (χ0v) is 19.5. The largest absolute Gasteiger partial charge is 0.494 e. The van der Waals surface area contributed by atoms with Crippen LogP contribution in [0.5, 0.6) is 5.75 Å². The molecule has 2 aromatic carbocycles. The van der Waals surface area contributed by atoms with E-state index in [1.165, 1.54) is 5.56 Å². The van der Waals surface area contributed by atoms with Crippen LogP contribution in [-0.4, -0.2) is 35.9 Å². The van der Waals surface area contributed by atoms with E-state index in [1.54, 1.807) is 11.8 Å². The summed E-state index contributed by atoms with van der Waals surface area (Å²) in [5, 5.41) is 2.95. The molecular weight excluding hydrogens is 388 g/mol. The molecule has 2 rings (SSSR count). The van der Waals surface area contributed by atoms with Gasteiger partial charge in [-0.15, -0.1) is 0 Å². The number of carbonyl (C=O) groups is 2. The second-order valence-electron chi connectivity index (χ2n) is 8.53. The van der Waals surface area contributed by atoms with E-state index in [9.17, 15) is 9.59 Å². The van der Waals surface area contributed by atoms with Crippen LogP contribution in [-0.2, 0) is 16.1 Å². The SMILES string of the molecule is Cc1ccc(OCCCC(=O)N(Cc2ccccc2C)[C@@H](C)C(=O)NCC(C)C)cc1. The molecule has 0 aliphatic rings. The first-order chi connectivity index (χ1) is 14.8. The highest BCUT2D eigenvalue weighted by Gasteiger charge is 2.26. The highest BCUT2D eigenvalue weighted by molar-refractivity contribution is 5.87. The molecule has 168 valence electrons. The normalized spacial score (nSPS) is 11.8. The number of aryl methyl sites for hydroxylation is 2. The van der Waals surface area contributed by atoms with Gasteiger partial charge in [0, 0.05) is 19.5 Å². The maximum absolute atomic E-state index is 13.1. The Morgan fingerprint density at radius 1 is 1.00 bits per heavy atom. The van der Waals surface area contributed by atoms with Crippen LogP contribution >= 0.6 is 0 Å². The minimum Gasteiger partial charge on any atom is -0.494 e. The summed E-state index contributed by atoms with van der Waals surface area (Å²) in [6.07, 6.45) is 0.927. The van der Waals surface area contributed by atoms with Gasteiger partial charge in [0.25, 0.3) is 0 Å². The standard InChI is InChI=1S/C26H36N2O3/c1-19(2)17-27-26(30)22(5)28(18-23-10-7-6-9-21(23)4)25(29)11-8-16-31-24-14-12-20(3)13-15-24/h6-7,9-10,12-15,19,22H,8,11,16-18H2,1-5H3,(H,27,30)/t22-/m0/s1. The number of ether oxygens (including phenoxy) is 1. The summed E-state index contributed by atoms with van der Waals surface area (Å²) in [4.78, 5) is 27.5. The molecular formula is C26H36N2O3. The van der Waals surface area contributed by atoms with E-state index in [0.717, 1.165) is 16.9 Å². The van der Waals surface area contributed by atoms with Gasteiger partial charge in [0.15, 0.2) is 0 Å². The Hall–Kier alpha value is -2.82. The number of nitrogens with one attached hydrogen (secondary N) is 1. The van der Waals surface area contributed by atoms with Crippen molar-refractivity contribution in [2.24, 2.45) is 5.92 Å². The van der Waals surface area contributed by atoms with Gasteiger partial charge in [-0.05, 0) is 56.4 Å². The molecule has 0 heterocycles. The Labute approximate surface area is 186 Å². The number of nitrogens with zero attached hydrogens (tertiary/aromatic N) is 1. The molecule has 0 aliphatic carbocycles. The molecule has 0 spiro atoms. The summed E-state index contributed by atoms with van der Waals surface area (Å²) in [5.41, 5.74) is 3.34. The third kappa shape index (κ3) is 8.08. The molecule has 0 aliphatic heterocycles. The zero-order valence-electron chi connectivity index (χ0n) is 19.5. The minimum absolute atomic E-state index is 0.0389. The van der Waals surface area contributed by atoms with Crippen LogP contribution in [0.4, 0.5) is 0 Å². The molecule has 0 radical (unpaired) electrons. The molecule has 31 heavy (non-hydrogen) atoms. The zero-order chi connectivity index (χ0) is 22.8. The van der Waals surface area contributed by atoms with Crippen molar-refractivity contribution in [3.05, 3.63) is 65.2 Å². The summed E-state index contributed by atoms with van der Waals surface area (Å²) < 4.78 is 5.75. The van der Waals surface area contributed by atoms with Crippen molar-refractivity contribution in [2.45, 2.75) is 60.0 Å². The summed E-state index contributed by atoms with van der Waals surface area (Å²) in [6, 6.07) is 15.3. The summed E-state index contributed by atoms with van der Waals surface area (Å²) >= 11 is 0. The molecule has 1 N–H and O–H groups in total. The Morgan fingerprint density at radius 3 is 2.32 bits per heavy atom. The Morgan fingerprint density at radius 2 is 1.68 bits per heavy atom. The fourth-order valence-electron chi connectivity index (χ4n) is 3.20.